The SMILES string of the molecule is CCOC(=O)c1ncn([C@H]2CCCC[C@@H]2NC(O)OC)c1-c1ccccc1. The van der Waals surface area contributed by atoms with E-state index in [1.807, 2.05) is 34.9 Å². The van der Waals surface area contributed by atoms with Crippen molar-refractivity contribution in [2.24, 2.45) is 0 Å². The zero-order valence-corrected chi connectivity index (χ0v) is 15.8. The first kappa shape index (κ1) is 19.5. The van der Waals surface area contributed by atoms with Gasteiger partial charge in [-0.3, -0.25) is 5.32 Å². The van der Waals surface area contributed by atoms with Gasteiger partial charge in [0, 0.05) is 18.7 Å². The summed E-state index contributed by atoms with van der Waals surface area (Å²) in [7, 11) is 1.46. The van der Waals surface area contributed by atoms with Crippen LogP contribution >= 0.6 is 0 Å². The van der Waals surface area contributed by atoms with E-state index in [-0.39, 0.29) is 12.1 Å². The lowest BCUT2D eigenvalue weighted by molar-refractivity contribution is -0.108. The van der Waals surface area contributed by atoms with Gasteiger partial charge < -0.3 is 19.1 Å². The number of hydrogen-bond acceptors (Lipinski definition) is 6. The number of aromatic nitrogens is 2. The second kappa shape index (κ2) is 9.12. The number of esters is 1. The summed E-state index contributed by atoms with van der Waals surface area (Å²) in [4.78, 5) is 16.9. The van der Waals surface area contributed by atoms with Crippen LogP contribution in [0.4, 0.5) is 0 Å². The maximum atomic E-state index is 12.5. The summed E-state index contributed by atoms with van der Waals surface area (Å²) in [6, 6.07) is 9.81. The Kier molecular flexibility index (Phi) is 6.60. The van der Waals surface area contributed by atoms with Gasteiger partial charge >= 0.3 is 5.97 Å². The quantitative estimate of drug-likeness (QED) is 0.573. The number of aliphatic hydroxyl groups is 1. The zero-order valence-electron chi connectivity index (χ0n) is 15.8. The molecule has 0 bridgehead atoms. The zero-order chi connectivity index (χ0) is 19.2. The summed E-state index contributed by atoms with van der Waals surface area (Å²) in [6.45, 7) is 2.08. The number of aliphatic hydroxyl groups excluding tert-OH is 1. The van der Waals surface area contributed by atoms with E-state index in [1.54, 1.807) is 13.3 Å². The van der Waals surface area contributed by atoms with E-state index >= 15 is 0 Å². The van der Waals surface area contributed by atoms with Crippen molar-refractivity contribution in [1.82, 2.24) is 14.9 Å². The number of carbonyl (C=O) groups is 1. The number of benzene rings is 1. The third-order valence-corrected chi connectivity index (χ3v) is 4.98. The van der Waals surface area contributed by atoms with Crippen LogP contribution < -0.4 is 5.32 Å². The number of ether oxygens (including phenoxy) is 2. The van der Waals surface area contributed by atoms with Crippen molar-refractivity contribution in [3.8, 4) is 11.3 Å². The molecule has 1 aliphatic carbocycles. The largest absolute Gasteiger partial charge is 0.461 e. The highest BCUT2D eigenvalue weighted by Crippen LogP contribution is 2.34. The molecule has 2 N–H and O–H groups in total. The fraction of sp³-hybridized carbons (Fsp3) is 0.500. The maximum Gasteiger partial charge on any atom is 0.359 e. The molecule has 0 spiro atoms. The molecule has 1 aliphatic rings. The standard InChI is InChI=1S/C20H27N3O4/c1-3-27-19(24)17-18(14-9-5-4-6-10-14)23(13-21-17)16-12-8-7-11-15(16)22-20(25)26-2/h4-6,9-10,13,15-16,20,22,25H,3,7-8,11-12H2,1-2H3/t15-,16-,20?/m0/s1. The normalized spacial score (nSPS) is 21.0. The Hall–Kier alpha value is -2.22. The van der Waals surface area contributed by atoms with Crippen molar-refractivity contribution in [3.05, 3.63) is 42.4 Å². The minimum absolute atomic E-state index is 0.0143. The molecule has 7 heteroatoms. The molecule has 2 aromatic rings. The van der Waals surface area contributed by atoms with Crippen LogP contribution in [-0.4, -0.2) is 46.8 Å². The van der Waals surface area contributed by atoms with E-state index in [0.29, 0.717) is 12.3 Å². The highest BCUT2D eigenvalue weighted by atomic mass is 16.6. The molecular weight excluding hydrogens is 346 g/mol. The maximum absolute atomic E-state index is 12.5. The Morgan fingerprint density at radius 2 is 2.07 bits per heavy atom. The van der Waals surface area contributed by atoms with Crippen LogP contribution in [0, 0.1) is 0 Å². The van der Waals surface area contributed by atoms with E-state index in [0.717, 1.165) is 36.9 Å². The number of nitrogens with one attached hydrogen (secondary N) is 1. The Balaban J connectivity index is 2.02. The van der Waals surface area contributed by atoms with Gasteiger partial charge in [-0.05, 0) is 19.8 Å². The Labute approximate surface area is 159 Å². The third-order valence-electron chi connectivity index (χ3n) is 4.98. The highest BCUT2D eigenvalue weighted by molar-refractivity contribution is 5.94. The fourth-order valence-electron chi connectivity index (χ4n) is 3.73. The van der Waals surface area contributed by atoms with Crippen LogP contribution in [0.3, 0.4) is 0 Å². The monoisotopic (exact) mass is 373 g/mol. The number of imidazole rings is 1. The van der Waals surface area contributed by atoms with Gasteiger partial charge in [-0.25, -0.2) is 9.78 Å². The second-order valence-electron chi connectivity index (χ2n) is 6.65. The average Bonchev–Trinajstić information content (AvgIpc) is 3.14. The van der Waals surface area contributed by atoms with E-state index in [9.17, 15) is 9.90 Å². The number of hydrogen-bond donors (Lipinski definition) is 2. The molecule has 0 radical (unpaired) electrons. The summed E-state index contributed by atoms with van der Waals surface area (Å²) in [5.74, 6) is -0.424. The average molecular weight is 373 g/mol. The van der Waals surface area contributed by atoms with E-state index < -0.39 is 12.4 Å². The predicted molar refractivity (Wildman–Crippen MR) is 101 cm³/mol. The van der Waals surface area contributed by atoms with Gasteiger partial charge in [0.25, 0.3) is 0 Å². The smallest absolute Gasteiger partial charge is 0.359 e. The van der Waals surface area contributed by atoms with Gasteiger partial charge in [-0.15, -0.1) is 0 Å². The molecule has 3 atom stereocenters. The molecule has 1 heterocycles. The lowest BCUT2D eigenvalue weighted by Crippen LogP contribution is -2.45. The lowest BCUT2D eigenvalue weighted by atomic mass is 9.89. The minimum Gasteiger partial charge on any atom is -0.461 e. The number of carbonyl (C=O) groups excluding carboxylic acids is 1. The molecule has 7 nitrogen and oxygen atoms in total. The highest BCUT2D eigenvalue weighted by Gasteiger charge is 2.32. The van der Waals surface area contributed by atoms with Crippen LogP contribution in [0.25, 0.3) is 11.3 Å². The number of rotatable bonds is 7. The topological polar surface area (TPSA) is 85.6 Å². The van der Waals surface area contributed by atoms with Crippen molar-refractivity contribution in [3.63, 3.8) is 0 Å². The van der Waals surface area contributed by atoms with Gasteiger partial charge in [0.2, 0.25) is 6.41 Å². The molecular formula is C20H27N3O4. The van der Waals surface area contributed by atoms with Gasteiger partial charge in [-0.1, -0.05) is 43.2 Å². The van der Waals surface area contributed by atoms with Crippen LogP contribution in [0.1, 0.15) is 49.1 Å². The molecule has 1 fully saturated rings. The van der Waals surface area contributed by atoms with E-state index in [2.05, 4.69) is 10.3 Å². The van der Waals surface area contributed by atoms with E-state index in [4.69, 9.17) is 9.47 Å². The van der Waals surface area contributed by atoms with Crippen molar-refractivity contribution < 1.29 is 19.4 Å². The molecule has 0 aliphatic heterocycles. The predicted octanol–water partition coefficient (Wildman–Crippen LogP) is 2.72. The van der Waals surface area contributed by atoms with Gasteiger partial charge in [0.1, 0.15) is 0 Å². The summed E-state index contributed by atoms with van der Waals surface area (Å²) in [5, 5.41) is 13.0. The Morgan fingerprint density at radius 1 is 1.33 bits per heavy atom. The van der Waals surface area contributed by atoms with Crippen LogP contribution in [0.2, 0.25) is 0 Å². The number of nitrogens with zero attached hydrogens (tertiary/aromatic N) is 2. The molecule has 146 valence electrons. The van der Waals surface area contributed by atoms with Crippen LogP contribution in [0.15, 0.2) is 36.7 Å². The first-order chi connectivity index (χ1) is 13.2. The Morgan fingerprint density at radius 3 is 2.78 bits per heavy atom. The molecule has 1 aromatic heterocycles. The van der Waals surface area contributed by atoms with Crippen molar-refractivity contribution in [2.45, 2.75) is 51.1 Å². The van der Waals surface area contributed by atoms with Crippen LogP contribution in [-0.2, 0) is 9.47 Å². The minimum atomic E-state index is -1.02. The van der Waals surface area contributed by atoms with Crippen molar-refractivity contribution in [1.29, 1.82) is 0 Å². The third kappa shape index (κ3) is 4.37. The first-order valence-corrected chi connectivity index (χ1v) is 9.42. The van der Waals surface area contributed by atoms with Gasteiger partial charge in [-0.2, -0.15) is 0 Å². The lowest BCUT2D eigenvalue weighted by Gasteiger charge is -2.35. The molecule has 1 saturated carbocycles. The fourth-order valence-corrected chi connectivity index (χ4v) is 3.73. The first-order valence-electron chi connectivity index (χ1n) is 9.42. The molecule has 1 unspecified atom stereocenters. The van der Waals surface area contributed by atoms with Crippen molar-refractivity contribution >= 4 is 5.97 Å². The van der Waals surface area contributed by atoms with E-state index in [1.165, 1.54) is 7.11 Å². The summed E-state index contributed by atoms with van der Waals surface area (Å²) in [6.07, 6.45) is 4.67. The number of methoxy groups -OCH3 is 1. The van der Waals surface area contributed by atoms with Crippen molar-refractivity contribution in [2.75, 3.05) is 13.7 Å². The molecule has 27 heavy (non-hydrogen) atoms. The molecule has 3 rings (SSSR count). The summed E-state index contributed by atoms with van der Waals surface area (Å²) >= 11 is 0. The van der Waals surface area contributed by atoms with Gasteiger partial charge in [0.15, 0.2) is 5.69 Å². The summed E-state index contributed by atoms with van der Waals surface area (Å²) < 4.78 is 12.2. The van der Waals surface area contributed by atoms with Crippen LogP contribution in [0.5, 0.6) is 0 Å². The molecule has 0 amide bonds. The summed E-state index contributed by atoms with van der Waals surface area (Å²) in [5.41, 5.74) is 1.98. The molecule has 0 saturated heterocycles. The Bertz CT molecular complexity index is 747. The second-order valence-corrected chi connectivity index (χ2v) is 6.65. The molecule has 1 aromatic carbocycles. The van der Waals surface area contributed by atoms with Gasteiger partial charge in [0.05, 0.1) is 24.7 Å².